The average molecular weight is 229 g/mol. The van der Waals surface area contributed by atoms with Gasteiger partial charge in [-0.3, -0.25) is 0 Å². The topological polar surface area (TPSA) is 0 Å². The van der Waals surface area contributed by atoms with Gasteiger partial charge in [-0.2, -0.15) is 36.4 Å². The molecule has 1 aromatic rings. The van der Waals surface area contributed by atoms with Gasteiger partial charge in [0.1, 0.15) is 0 Å². The second-order valence-corrected chi connectivity index (χ2v) is 1.08. The van der Waals surface area contributed by atoms with Crippen molar-refractivity contribution in [2.45, 2.75) is 0 Å². The number of hydrogen-bond donors (Lipinski definition) is 0. The number of hydrogen-bond acceptors (Lipinski definition) is 0. The van der Waals surface area contributed by atoms with E-state index in [1.165, 1.54) is 0 Å². The monoisotopic (exact) mass is 230 g/mol. The van der Waals surface area contributed by atoms with Crippen LogP contribution in [0, 0.1) is 55.4 Å². The molecule has 0 bridgehead atoms. The number of benzene rings is 1. The average Bonchev–Trinajstić information content (AvgIpc) is 1.72. The molecule has 0 aromatic heterocycles. The molecule has 0 N–H and O–H groups in total. The van der Waals surface area contributed by atoms with Crippen LogP contribution >= 0.6 is 0 Å². The normalized spacial score (nSPS) is 6.86. The van der Waals surface area contributed by atoms with Crippen molar-refractivity contribution in [3.05, 3.63) is 36.4 Å². The first kappa shape index (κ1) is 7.80. The molecule has 0 spiro atoms. The fourth-order valence-electron chi connectivity index (χ4n) is 0.342. The molecule has 0 saturated heterocycles. The molecule has 0 fully saturated rings. The van der Waals surface area contributed by atoms with Crippen LogP contribution in [0.2, 0.25) is 0 Å². The molecule has 0 atom stereocenters. The Morgan fingerprint density at radius 1 is 0.857 bits per heavy atom. The molecule has 0 unspecified atom stereocenters. The quantitative estimate of drug-likeness (QED) is 0.591. The van der Waals surface area contributed by atoms with Crippen LogP contribution in [0.15, 0.2) is 30.3 Å². The van der Waals surface area contributed by atoms with Crippen molar-refractivity contribution in [2.75, 3.05) is 0 Å². The summed E-state index contributed by atoms with van der Waals surface area (Å²) >= 11 is 0. The third-order valence-corrected chi connectivity index (χ3v) is 0.607. The minimum atomic E-state index is 0. The van der Waals surface area contributed by atoms with Crippen molar-refractivity contribution in [1.82, 2.24) is 0 Å². The molecule has 1 heteroatoms. The third kappa shape index (κ3) is 3.39. The molecular formula is C6H5Eu-. The molecule has 0 aliphatic heterocycles. The Labute approximate surface area is 84.5 Å². The van der Waals surface area contributed by atoms with Crippen molar-refractivity contribution < 1.29 is 49.4 Å². The van der Waals surface area contributed by atoms with E-state index < -0.39 is 0 Å². The zero-order chi connectivity index (χ0) is 4.24. The summed E-state index contributed by atoms with van der Waals surface area (Å²) < 4.78 is 0. The van der Waals surface area contributed by atoms with Crippen LogP contribution in [0.3, 0.4) is 0 Å². The van der Waals surface area contributed by atoms with Gasteiger partial charge in [-0.25, -0.2) is 0 Å². The SMILES string of the molecule is [Eu].[c-]1ccccc1. The van der Waals surface area contributed by atoms with Gasteiger partial charge in [0.2, 0.25) is 0 Å². The fraction of sp³-hybridized carbons (Fsp3) is 0. The van der Waals surface area contributed by atoms with Crippen LogP contribution in [0.5, 0.6) is 0 Å². The summed E-state index contributed by atoms with van der Waals surface area (Å²) in [5.74, 6) is 0. The van der Waals surface area contributed by atoms with E-state index in [4.69, 9.17) is 0 Å². The molecule has 1 aromatic carbocycles. The van der Waals surface area contributed by atoms with E-state index in [9.17, 15) is 0 Å². The standard InChI is InChI=1S/C6H5.Eu/c1-2-4-6-5-3-1;/h1-5H;/q-1;. The molecule has 0 amide bonds. The smallest absolute Gasteiger partial charge is 0 e. The van der Waals surface area contributed by atoms with Crippen LogP contribution in [-0.4, -0.2) is 0 Å². The second kappa shape index (κ2) is 4.95. The van der Waals surface area contributed by atoms with Gasteiger partial charge in [0, 0.05) is 49.4 Å². The van der Waals surface area contributed by atoms with E-state index in [1.807, 2.05) is 30.3 Å². The molecule has 1 rings (SSSR count). The van der Waals surface area contributed by atoms with Crippen LogP contribution in [0.4, 0.5) is 0 Å². The van der Waals surface area contributed by atoms with Crippen LogP contribution in [-0.2, 0) is 0 Å². The molecule has 0 nitrogen and oxygen atoms in total. The summed E-state index contributed by atoms with van der Waals surface area (Å²) in [6.07, 6.45) is 0. The van der Waals surface area contributed by atoms with E-state index in [2.05, 4.69) is 6.07 Å². The summed E-state index contributed by atoms with van der Waals surface area (Å²) in [6, 6.07) is 12.5. The summed E-state index contributed by atoms with van der Waals surface area (Å²) in [5, 5.41) is 0. The predicted molar refractivity (Wildman–Crippen MR) is 25.3 cm³/mol. The maximum absolute atomic E-state index is 2.89. The Kier molecular flexibility index (Phi) is 5.52. The second-order valence-electron chi connectivity index (χ2n) is 1.08. The van der Waals surface area contributed by atoms with Gasteiger partial charge in [-0.1, -0.05) is 0 Å². The van der Waals surface area contributed by atoms with Gasteiger partial charge in [0.25, 0.3) is 0 Å². The summed E-state index contributed by atoms with van der Waals surface area (Å²) in [6.45, 7) is 0. The third-order valence-electron chi connectivity index (χ3n) is 0.607. The molecule has 37 valence electrons. The van der Waals surface area contributed by atoms with Gasteiger partial charge in [-0.05, 0) is 0 Å². The van der Waals surface area contributed by atoms with E-state index >= 15 is 0 Å². The van der Waals surface area contributed by atoms with Crippen molar-refractivity contribution in [3.63, 3.8) is 0 Å². The number of rotatable bonds is 0. The van der Waals surface area contributed by atoms with Gasteiger partial charge in [0.15, 0.2) is 0 Å². The first-order valence-electron chi connectivity index (χ1n) is 1.91. The molecule has 0 aliphatic rings. The van der Waals surface area contributed by atoms with E-state index in [1.54, 1.807) is 0 Å². The van der Waals surface area contributed by atoms with Gasteiger partial charge >= 0.3 is 0 Å². The van der Waals surface area contributed by atoms with E-state index in [0.29, 0.717) is 0 Å². The van der Waals surface area contributed by atoms with Gasteiger partial charge < -0.3 is 0 Å². The van der Waals surface area contributed by atoms with Gasteiger partial charge in [0.05, 0.1) is 0 Å². The maximum Gasteiger partial charge on any atom is 0 e. The Morgan fingerprint density at radius 3 is 1.57 bits per heavy atom. The molecule has 7 heavy (non-hydrogen) atoms. The summed E-state index contributed by atoms with van der Waals surface area (Å²) in [7, 11) is 0. The van der Waals surface area contributed by atoms with Crippen molar-refractivity contribution >= 4 is 0 Å². The molecule has 0 aliphatic carbocycles. The molecule has 0 heterocycles. The summed E-state index contributed by atoms with van der Waals surface area (Å²) in [4.78, 5) is 0. The zero-order valence-corrected chi connectivity index (χ0v) is 6.19. The Morgan fingerprint density at radius 2 is 1.43 bits per heavy atom. The minimum Gasteiger partial charge on any atom is -0.184 e. The van der Waals surface area contributed by atoms with Crippen molar-refractivity contribution in [2.24, 2.45) is 0 Å². The van der Waals surface area contributed by atoms with E-state index in [0.717, 1.165) is 0 Å². The molecular weight excluding hydrogens is 224 g/mol. The summed E-state index contributed by atoms with van der Waals surface area (Å²) in [5.41, 5.74) is 0. The molecule has 1 radical (unpaired) electrons. The minimum absolute atomic E-state index is 0. The Hall–Kier alpha value is 0.804. The predicted octanol–water partition coefficient (Wildman–Crippen LogP) is 1.49. The van der Waals surface area contributed by atoms with Crippen molar-refractivity contribution in [1.29, 1.82) is 0 Å². The van der Waals surface area contributed by atoms with Crippen LogP contribution in [0.1, 0.15) is 0 Å². The molecule has 0 saturated carbocycles. The largest absolute Gasteiger partial charge is 0.184 e. The zero-order valence-electron chi connectivity index (χ0n) is 3.76. The van der Waals surface area contributed by atoms with E-state index in [-0.39, 0.29) is 49.4 Å². The Bertz CT molecular complexity index is 76.1. The van der Waals surface area contributed by atoms with Crippen LogP contribution in [0.25, 0.3) is 0 Å². The van der Waals surface area contributed by atoms with Crippen molar-refractivity contribution in [3.8, 4) is 0 Å². The van der Waals surface area contributed by atoms with Crippen LogP contribution < -0.4 is 0 Å². The fourth-order valence-corrected chi connectivity index (χ4v) is 0.342. The van der Waals surface area contributed by atoms with Gasteiger partial charge in [-0.15, -0.1) is 0 Å². The Balaban J connectivity index is 0.000000360. The maximum atomic E-state index is 2.89. The first-order valence-corrected chi connectivity index (χ1v) is 1.91. The first-order chi connectivity index (χ1) is 3.00.